The summed E-state index contributed by atoms with van der Waals surface area (Å²) in [6, 6.07) is 7.36. The summed E-state index contributed by atoms with van der Waals surface area (Å²) in [7, 11) is 0. The summed E-state index contributed by atoms with van der Waals surface area (Å²) >= 11 is 0. The lowest BCUT2D eigenvalue weighted by Gasteiger charge is -2.35. The first-order valence-corrected chi connectivity index (χ1v) is 11.5. The predicted molar refractivity (Wildman–Crippen MR) is 128 cm³/mol. The number of hydrogen-bond acceptors (Lipinski definition) is 7. The summed E-state index contributed by atoms with van der Waals surface area (Å²) in [5.41, 5.74) is -1.55. The van der Waals surface area contributed by atoms with E-state index >= 15 is 0 Å². The van der Waals surface area contributed by atoms with Crippen LogP contribution in [0.4, 0.5) is 0 Å². The molecule has 1 aliphatic heterocycles. The summed E-state index contributed by atoms with van der Waals surface area (Å²) in [5.74, 6) is -0.716. The van der Waals surface area contributed by atoms with Gasteiger partial charge in [0.25, 0.3) is 0 Å². The molecule has 1 heterocycles. The van der Waals surface area contributed by atoms with Crippen molar-refractivity contribution in [2.75, 3.05) is 0 Å². The number of carbonyl (C=O) groups excluding carboxylic acids is 3. The first kappa shape index (κ1) is 25.5. The molecule has 7 nitrogen and oxygen atoms in total. The van der Waals surface area contributed by atoms with Gasteiger partial charge in [-0.2, -0.15) is 0 Å². The molecule has 0 N–H and O–H groups in total. The fourth-order valence-corrected chi connectivity index (χ4v) is 3.90. The van der Waals surface area contributed by atoms with Crippen molar-refractivity contribution in [3.05, 3.63) is 29.8 Å². The van der Waals surface area contributed by atoms with E-state index in [-0.39, 0.29) is 17.9 Å². The van der Waals surface area contributed by atoms with E-state index in [0.29, 0.717) is 29.5 Å². The third kappa shape index (κ3) is 5.69. The van der Waals surface area contributed by atoms with Gasteiger partial charge in [-0.15, -0.1) is 0 Å². The Balaban J connectivity index is 2.07. The van der Waals surface area contributed by atoms with Gasteiger partial charge in [-0.1, -0.05) is 24.3 Å². The third-order valence-electron chi connectivity index (χ3n) is 5.53. The van der Waals surface area contributed by atoms with Crippen molar-refractivity contribution in [3.63, 3.8) is 0 Å². The molecule has 3 rings (SSSR count). The summed E-state index contributed by atoms with van der Waals surface area (Å²) in [6.45, 7) is 13.9. The highest BCUT2D eigenvalue weighted by Crippen LogP contribution is 2.50. The number of ether oxygens (including phenoxy) is 4. The van der Waals surface area contributed by atoms with Gasteiger partial charge in [-0.05, 0) is 61.3 Å². The first-order chi connectivity index (χ1) is 15.6. The Morgan fingerprint density at radius 2 is 1.59 bits per heavy atom. The maximum Gasteiger partial charge on any atom is 0.317 e. The van der Waals surface area contributed by atoms with Gasteiger partial charge < -0.3 is 18.9 Å². The van der Waals surface area contributed by atoms with Crippen molar-refractivity contribution in [1.82, 2.24) is 0 Å². The van der Waals surface area contributed by atoms with E-state index in [0.717, 1.165) is 5.39 Å². The minimum Gasteiger partial charge on any atom is -0.487 e. The standard InChI is InChI=1S/C27H34O7/c1-16(28)31-23-19-13-14-27(7,8)34-21(19)17-11-9-10-12-18(17)22(23)32-24(30)26(5,6)15-20(29)33-25(2,3)4/h9-12H,13-15H2,1-8H3. The zero-order chi connectivity index (χ0) is 25.5. The Bertz CT molecular complexity index is 1140. The lowest BCUT2D eigenvalue weighted by molar-refractivity contribution is -0.162. The van der Waals surface area contributed by atoms with Crippen molar-refractivity contribution in [3.8, 4) is 17.2 Å². The number of hydrogen-bond donors (Lipinski definition) is 0. The van der Waals surface area contributed by atoms with Crippen molar-refractivity contribution in [1.29, 1.82) is 0 Å². The van der Waals surface area contributed by atoms with E-state index in [4.69, 9.17) is 18.9 Å². The van der Waals surface area contributed by atoms with E-state index in [1.54, 1.807) is 40.7 Å². The molecule has 0 aromatic heterocycles. The van der Waals surface area contributed by atoms with Crippen LogP contribution in [0.15, 0.2) is 24.3 Å². The van der Waals surface area contributed by atoms with Gasteiger partial charge in [-0.25, -0.2) is 0 Å². The molecule has 2 aromatic carbocycles. The second-order valence-electron chi connectivity index (χ2n) is 11.0. The monoisotopic (exact) mass is 470 g/mol. The van der Waals surface area contributed by atoms with Crippen molar-refractivity contribution in [2.45, 2.75) is 85.9 Å². The van der Waals surface area contributed by atoms with Crippen LogP contribution in [-0.2, 0) is 25.5 Å². The number of esters is 3. The summed E-state index contributed by atoms with van der Waals surface area (Å²) in [6.07, 6.45) is 1.12. The number of fused-ring (bicyclic) bond motifs is 3. The smallest absolute Gasteiger partial charge is 0.317 e. The second-order valence-corrected chi connectivity index (χ2v) is 11.0. The first-order valence-electron chi connectivity index (χ1n) is 11.5. The molecule has 0 aliphatic carbocycles. The zero-order valence-electron chi connectivity index (χ0n) is 21.3. The maximum absolute atomic E-state index is 13.3. The summed E-state index contributed by atoms with van der Waals surface area (Å²) in [5, 5.41) is 1.34. The van der Waals surface area contributed by atoms with E-state index in [9.17, 15) is 14.4 Å². The molecule has 7 heteroatoms. The van der Waals surface area contributed by atoms with Gasteiger partial charge in [0.1, 0.15) is 17.0 Å². The molecule has 0 amide bonds. The Morgan fingerprint density at radius 3 is 2.18 bits per heavy atom. The van der Waals surface area contributed by atoms with Crippen LogP contribution in [0, 0.1) is 5.41 Å². The highest BCUT2D eigenvalue weighted by Gasteiger charge is 2.38. The van der Waals surface area contributed by atoms with E-state index in [1.165, 1.54) is 6.92 Å². The van der Waals surface area contributed by atoms with Crippen LogP contribution < -0.4 is 14.2 Å². The average molecular weight is 471 g/mol. The van der Waals surface area contributed by atoms with Crippen LogP contribution in [0.25, 0.3) is 10.8 Å². The highest BCUT2D eigenvalue weighted by molar-refractivity contribution is 6.00. The predicted octanol–water partition coefficient (Wildman–Crippen LogP) is 5.53. The van der Waals surface area contributed by atoms with Gasteiger partial charge in [0.2, 0.25) is 0 Å². The molecular weight excluding hydrogens is 436 g/mol. The zero-order valence-corrected chi connectivity index (χ0v) is 21.3. The largest absolute Gasteiger partial charge is 0.487 e. The number of carbonyl (C=O) groups is 3. The molecule has 0 unspecified atom stereocenters. The number of rotatable bonds is 5. The SMILES string of the molecule is CC(=O)Oc1c2c(c3ccccc3c1OC(=O)C(C)(C)CC(=O)OC(C)(C)C)OC(C)(C)CC2. The Labute approximate surface area is 200 Å². The van der Waals surface area contributed by atoms with E-state index in [1.807, 2.05) is 32.0 Å². The quantitative estimate of drug-likeness (QED) is 0.419. The van der Waals surface area contributed by atoms with Crippen molar-refractivity contribution < 1.29 is 33.3 Å². The molecule has 2 aromatic rings. The fourth-order valence-electron chi connectivity index (χ4n) is 3.90. The van der Waals surface area contributed by atoms with Gasteiger partial charge >= 0.3 is 17.9 Å². The highest BCUT2D eigenvalue weighted by atomic mass is 16.6. The van der Waals surface area contributed by atoms with Gasteiger partial charge in [-0.3, -0.25) is 14.4 Å². The molecule has 0 radical (unpaired) electrons. The Hall–Kier alpha value is -3.09. The van der Waals surface area contributed by atoms with Crippen LogP contribution in [0.2, 0.25) is 0 Å². The molecule has 34 heavy (non-hydrogen) atoms. The minimum atomic E-state index is -1.18. The Kier molecular flexibility index (Phi) is 6.71. The molecule has 0 saturated heterocycles. The average Bonchev–Trinajstić information content (AvgIpc) is 2.67. The molecule has 0 bridgehead atoms. The number of benzene rings is 2. The van der Waals surface area contributed by atoms with E-state index < -0.39 is 34.5 Å². The molecule has 0 spiro atoms. The van der Waals surface area contributed by atoms with Crippen LogP contribution in [-0.4, -0.2) is 29.1 Å². The van der Waals surface area contributed by atoms with Crippen molar-refractivity contribution >= 4 is 28.7 Å². The topological polar surface area (TPSA) is 88.1 Å². The van der Waals surface area contributed by atoms with Crippen LogP contribution in [0.3, 0.4) is 0 Å². The fraction of sp³-hybridized carbons (Fsp3) is 0.519. The van der Waals surface area contributed by atoms with Gasteiger partial charge in [0.05, 0.1) is 11.8 Å². The normalized spacial score (nSPS) is 15.2. The molecule has 0 saturated carbocycles. The summed E-state index contributed by atoms with van der Waals surface area (Å²) < 4.78 is 23.2. The minimum absolute atomic E-state index is 0.148. The van der Waals surface area contributed by atoms with Crippen LogP contribution in [0.5, 0.6) is 17.2 Å². The van der Waals surface area contributed by atoms with Crippen LogP contribution >= 0.6 is 0 Å². The van der Waals surface area contributed by atoms with E-state index in [2.05, 4.69) is 0 Å². The molecule has 0 atom stereocenters. The molecule has 1 aliphatic rings. The van der Waals surface area contributed by atoms with Gasteiger partial charge in [0.15, 0.2) is 11.5 Å². The second kappa shape index (κ2) is 8.93. The molecule has 184 valence electrons. The van der Waals surface area contributed by atoms with Crippen LogP contribution in [0.1, 0.15) is 73.8 Å². The molecule has 0 fully saturated rings. The lowest BCUT2D eigenvalue weighted by atomic mass is 9.89. The van der Waals surface area contributed by atoms with Crippen molar-refractivity contribution in [2.24, 2.45) is 5.41 Å². The maximum atomic E-state index is 13.3. The third-order valence-corrected chi connectivity index (χ3v) is 5.53. The summed E-state index contributed by atoms with van der Waals surface area (Å²) in [4.78, 5) is 37.7. The Morgan fingerprint density at radius 1 is 0.971 bits per heavy atom. The lowest BCUT2D eigenvalue weighted by Crippen LogP contribution is -2.35. The molecular formula is C27H34O7. The van der Waals surface area contributed by atoms with Gasteiger partial charge in [0, 0.05) is 23.3 Å².